The second-order valence-electron chi connectivity index (χ2n) is 4.58. The van der Waals surface area contributed by atoms with Gasteiger partial charge in [0.25, 0.3) is 5.91 Å². The fraction of sp³-hybridized carbons (Fsp3) is 0.462. The van der Waals surface area contributed by atoms with Gasteiger partial charge in [0.2, 0.25) is 0 Å². The average molecular weight is 285 g/mol. The van der Waals surface area contributed by atoms with E-state index in [0.29, 0.717) is 21.5 Å². The highest BCUT2D eigenvalue weighted by Crippen LogP contribution is 2.28. The molecule has 5 heteroatoms. The quantitative estimate of drug-likeness (QED) is 0.839. The molecule has 98 valence electrons. The SMILES string of the molecule is CSC1CCC(NC(=O)c2ccc(Cl)c(N)c2)C1. The van der Waals surface area contributed by atoms with Gasteiger partial charge in [0.05, 0.1) is 10.7 Å². The molecule has 3 N–H and O–H groups in total. The summed E-state index contributed by atoms with van der Waals surface area (Å²) in [6.45, 7) is 0. The maximum atomic E-state index is 12.0. The zero-order valence-electron chi connectivity index (χ0n) is 10.3. The van der Waals surface area contributed by atoms with E-state index in [0.717, 1.165) is 12.8 Å². The van der Waals surface area contributed by atoms with Gasteiger partial charge in [-0.25, -0.2) is 0 Å². The van der Waals surface area contributed by atoms with Crippen LogP contribution in [0, 0.1) is 0 Å². The number of hydrogen-bond donors (Lipinski definition) is 2. The van der Waals surface area contributed by atoms with Crippen molar-refractivity contribution in [2.45, 2.75) is 30.6 Å². The molecule has 1 saturated carbocycles. The molecular weight excluding hydrogens is 268 g/mol. The number of carbonyl (C=O) groups is 1. The topological polar surface area (TPSA) is 55.1 Å². The first-order valence-electron chi connectivity index (χ1n) is 5.99. The van der Waals surface area contributed by atoms with Crippen LogP contribution < -0.4 is 11.1 Å². The van der Waals surface area contributed by atoms with E-state index in [1.165, 1.54) is 6.42 Å². The molecule has 2 unspecified atom stereocenters. The van der Waals surface area contributed by atoms with Crippen molar-refractivity contribution in [3.8, 4) is 0 Å². The number of nitrogens with one attached hydrogen (secondary N) is 1. The Morgan fingerprint density at radius 2 is 2.28 bits per heavy atom. The van der Waals surface area contributed by atoms with Crippen LogP contribution >= 0.6 is 23.4 Å². The fourth-order valence-electron chi connectivity index (χ4n) is 2.24. The van der Waals surface area contributed by atoms with Gasteiger partial charge >= 0.3 is 0 Å². The lowest BCUT2D eigenvalue weighted by Gasteiger charge is -2.13. The number of benzene rings is 1. The molecule has 1 aliphatic carbocycles. The molecule has 0 aromatic heterocycles. The maximum absolute atomic E-state index is 12.0. The average Bonchev–Trinajstić information content (AvgIpc) is 2.80. The van der Waals surface area contributed by atoms with Gasteiger partial charge in [-0.3, -0.25) is 4.79 Å². The van der Waals surface area contributed by atoms with E-state index in [1.54, 1.807) is 18.2 Å². The van der Waals surface area contributed by atoms with Crippen LogP contribution in [0.4, 0.5) is 5.69 Å². The summed E-state index contributed by atoms with van der Waals surface area (Å²) in [6, 6.07) is 5.27. The third-order valence-electron chi connectivity index (χ3n) is 3.31. The first-order chi connectivity index (χ1) is 8.60. The molecule has 0 heterocycles. The number of thioether (sulfide) groups is 1. The molecule has 0 radical (unpaired) electrons. The van der Waals surface area contributed by atoms with Crippen molar-refractivity contribution in [3.63, 3.8) is 0 Å². The maximum Gasteiger partial charge on any atom is 0.251 e. The van der Waals surface area contributed by atoms with E-state index in [4.69, 9.17) is 17.3 Å². The molecule has 1 amide bonds. The smallest absolute Gasteiger partial charge is 0.251 e. The largest absolute Gasteiger partial charge is 0.398 e. The molecule has 1 aliphatic rings. The van der Waals surface area contributed by atoms with Crippen LogP contribution in [0.5, 0.6) is 0 Å². The van der Waals surface area contributed by atoms with Crippen LogP contribution in [0.2, 0.25) is 5.02 Å². The highest BCUT2D eigenvalue weighted by Gasteiger charge is 2.25. The fourth-order valence-corrected chi connectivity index (χ4v) is 3.15. The predicted molar refractivity (Wildman–Crippen MR) is 78.3 cm³/mol. The van der Waals surface area contributed by atoms with E-state index in [9.17, 15) is 4.79 Å². The Hall–Kier alpha value is -0.870. The molecule has 1 aromatic rings. The van der Waals surface area contributed by atoms with Gasteiger partial charge in [-0.15, -0.1) is 0 Å². The summed E-state index contributed by atoms with van der Waals surface area (Å²) in [5.41, 5.74) is 6.71. The summed E-state index contributed by atoms with van der Waals surface area (Å²) in [5.74, 6) is -0.0647. The number of carbonyl (C=O) groups excluding carboxylic acids is 1. The van der Waals surface area contributed by atoms with Crippen LogP contribution in [0.25, 0.3) is 0 Å². The number of anilines is 1. The summed E-state index contributed by atoms with van der Waals surface area (Å²) in [4.78, 5) is 12.0. The Bertz CT molecular complexity index is 453. The monoisotopic (exact) mass is 284 g/mol. The Balaban J connectivity index is 1.97. The van der Waals surface area contributed by atoms with Gasteiger partial charge in [-0.2, -0.15) is 11.8 Å². The van der Waals surface area contributed by atoms with Crippen LogP contribution in [-0.2, 0) is 0 Å². The van der Waals surface area contributed by atoms with Crippen LogP contribution in [0.3, 0.4) is 0 Å². The minimum absolute atomic E-state index is 0.0647. The van der Waals surface area contributed by atoms with E-state index in [2.05, 4.69) is 11.6 Å². The van der Waals surface area contributed by atoms with E-state index in [-0.39, 0.29) is 11.9 Å². The lowest BCUT2D eigenvalue weighted by atomic mass is 10.1. The minimum Gasteiger partial charge on any atom is -0.398 e. The van der Waals surface area contributed by atoms with Crippen molar-refractivity contribution in [2.75, 3.05) is 12.0 Å². The number of rotatable bonds is 3. The number of nitrogens with two attached hydrogens (primary N) is 1. The van der Waals surface area contributed by atoms with Crippen molar-refractivity contribution >= 4 is 35.0 Å². The van der Waals surface area contributed by atoms with Crippen LogP contribution in [0.1, 0.15) is 29.6 Å². The van der Waals surface area contributed by atoms with Crippen molar-refractivity contribution in [1.29, 1.82) is 0 Å². The second kappa shape index (κ2) is 5.85. The van der Waals surface area contributed by atoms with Crippen molar-refractivity contribution in [3.05, 3.63) is 28.8 Å². The van der Waals surface area contributed by atoms with Crippen molar-refractivity contribution in [1.82, 2.24) is 5.32 Å². The summed E-state index contributed by atoms with van der Waals surface area (Å²) >= 11 is 7.71. The van der Waals surface area contributed by atoms with Crippen molar-refractivity contribution in [2.24, 2.45) is 0 Å². The summed E-state index contributed by atoms with van der Waals surface area (Å²) in [5, 5.41) is 4.21. The van der Waals surface area contributed by atoms with E-state index in [1.807, 2.05) is 11.8 Å². The third-order valence-corrected chi connectivity index (χ3v) is 4.75. The molecular formula is C13H17ClN2OS. The molecule has 0 saturated heterocycles. The first-order valence-corrected chi connectivity index (χ1v) is 7.65. The zero-order valence-corrected chi connectivity index (χ0v) is 11.9. The predicted octanol–water partition coefficient (Wildman–Crippen LogP) is 2.94. The second-order valence-corrected chi connectivity index (χ2v) is 6.12. The lowest BCUT2D eigenvalue weighted by Crippen LogP contribution is -2.33. The van der Waals surface area contributed by atoms with E-state index < -0.39 is 0 Å². The first kappa shape index (κ1) is 13.6. The number of halogens is 1. The normalized spacial score (nSPS) is 23.0. The Kier molecular flexibility index (Phi) is 4.40. The van der Waals surface area contributed by atoms with Gasteiger partial charge in [-0.1, -0.05) is 11.6 Å². The molecule has 1 aromatic carbocycles. The molecule has 2 rings (SSSR count). The summed E-state index contributed by atoms with van der Waals surface area (Å²) < 4.78 is 0. The Morgan fingerprint density at radius 3 is 2.89 bits per heavy atom. The zero-order chi connectivity index (χ0) is 13.1. The van der Waals surface area contributed by atoms with Gasteiger partial charge < -0.3 is 11.1 Å². The molecule has 0 spiro atoms. The molecule has 3 nitrogen and oxygen atoms in total. The number of nitrogen functional groups attached to an aromatic ring is 1. The molecule has 2 atom stereocenters. The molecule has 0 bridgehead atoms. The van der Waals surface area contributed by atoms with Gasteiger partial charge in [0, 0.05) is 16.9 Å². The number of hydrogen-bond acceptors (Lipinski definition) is 3. The summed E-state index contributed by atoms with van der Waals surface area (Å²) in [6.07, 6.45) is 5.40. The third kappa shape index (κ3) is 3.12. The Labute approximate surface area is 116 Å². The minimum atomic E-state index is -0.0647. The highest BCUT2D eigenvalue weighted by molar-refractivity contribution is 7.99. The molecule has 0 aliphatic heterocycles. The standard InChI is InChI=1S/C13H17ClN2OS/c1-18-10-4-3-9(7-10)16-13(17)8-2-5-11(14)12(15)6-8/h2,5-6,9-10H,3-4,7,15H2,1H3,(H,16,17). The molecule has 1 fully saturated rings. The lowest BCUT2D eigenvalue weighted by molar-refractivity contribution is 0.0938. The van der Waals surface area contributed by atoms with Gasteiger partial charge in [0.15, 0.2) is 0 Å². The van der Waals surface area contributed by atoms with Gasteiger partial charge in [0.1, 0.15) is 0 Å². The van der Waals surface area contributed by atoms with Crippen molar-refractivity contribution < 1.29 is 4.79 Å². The van der Waals surface area contributed by atoms with Crippen LogP contribution in [-0.4, -0.2) is 23.5 Å². The summed E-state index contributed by atoms with van der Waals surface area (Å²) in [7, 11) is 0. The van der Waals surface area contributed by atoms with Crippen LogP contribution in [0.15, 0.2) is 18.2 Å². The Morgan fingerprint density at radius 1 is 1.50 bits per heavy atom. The molecule has 18 heavy (non-hydrogen) atoms. The van der Waals surface area contributed by atoms with E-state index >= 15 is 0 Å². The van der Waals surface area contributed by atoms with Gasteiger partial charge in [-0.05, 0) is 43.7 Å². The highest BCUT2D eigenvalue weighted by atomic mass is 35.5. The number of amides is 1.